The van der Waals surface area contributed by atoms with E-state index in [9.17, 15) is 4.21 Å². The van der Waals surface area contributed by atoms with Gasteiger partial charge in [0.15, 0.2) is 0 Å². The zero-order valence-corrected chi connectivity index (χ0v) is 13.5. The van der Waals surface area contributed by atoms with E-state index in [-0.39, 0.29) is 11.3 Å². The highest BCUT2D eigenvalue weighted by molar-refractivity contribution is 7.84. The second-order valence-electron chi connectivity index (χ2n) is 5.16. The van der Waals surface area contributed by atoms with Crippen molar-refractivity contribution in [3.8, 4) is 0 Å². The highest BCUT2D eigenvalue weighted by Gasteiger charge is 2.23. The number of benzene rings is 2. The molecule has 1 N–H and O–H groups in total. The van der Waals surface area contributed by atoms with Gasteiger partial charge in [0.1, 0.15) is 0 Å². The summed E-state index contributed by atoms with van der Waals surface area (Å²) >= 11 is 0. The molecule has 112 valence electrons. The van der Waals surface area contributed by atoms with Crippen LogP contribution >= 0.6 is 0 Å². The maximum atomic E-state index is 12.7. The van der Waals surface area contributed by atoms with Crippen molar-refractivity contribution in [3.05, 3.63) is 71.8 Å². The topological polar surface area (TPSA) is 29.1 Å². The van der Waals surface area contributed by atoms with Crippen LogP contribution in [-0.4, -0.2) is 16.0 Å². The SMILES string of the molecule is CCNC(c1ccccc1)C(C)S(=O)Cc1ccccc1. The third-order valence-electron chi connectivity index (χ3n) is 3.62. The zero-order valence-electron chi connectivity index (χ0n) is 12.7. The minimum Gasteiger partial charge on any atom is -0.309 e. The molecule has 3 atom stereocenters. The molecule has 2 aromatic rings. The van der Waals surface area contributed by atoms with Gasteiger partial charge in [-0.3, -0.25) is 4.21 Å². The summed E-state index contributed by atoms with van der Waals surface area (Å²) in [5, 5.41) is 3.53. The smallest absolute Gasteiger partial charge is 0.0518 e. The molecule has 0 amide bonds. The number of hydrogen-bond acceptors (Lipinski definition) is 2. The van der Waals surface area contributed by atoms with Crippen LogP contribution in [-0.2, 0) is 16.6 Å². The number of rotatable bonds is 7. The Morgan fingerprint density at radius 2 is 1.57 bits per heavy atom. The fourth-order valence-electron chi connectivity index (χ4n) is 2.46. The normalized spacial score (nSPS) is 15.3. The molecule has 0 aliphatic rings. The largest absolute Gasteiger partial charge is 0.309 e. The summed E-state index contributed by atoms with van der Waals surface area (Å²) in [4.78, 5) is 0. The van der Waals surface area contributed by atoms with Crippen molar-refractivity contribution in [2.75, 3.05) is 6.54 Å². The second-order valence-corrected chi connectivity index (χ2v) is 6.96. The molecule has 0 spiro atoms. The Morgan fingerprint density at radius 1 is 1.00 bits per heavy atom. The average molecular weight is 301 g/mol. The molecule has 0 saturated heterocycles. The molecule has 2 aromatic carbocycles. The van der Waals surface area contributed by atoms with E-state index in [0.717, 1.165) is 12.1 Å². The lowest BCUT2D eigenvalue weighted by Gasteiger charge is -2.25. The lowest BCUT2D eigenvalue weighted by Crippen LogP contribution is -2.33. The van der Waals surface area contributed by atoms with Gasteiger partial charge in [0.2, 0.25) is 0 Å². The van der Waals surface area contributed by atoms with E-state index in [1.54, 1.807) is 0 Å². The first kappa shape index (κ1) is 15.9. The Kier molecular flexibility index (Phi) is 6.15. The van der Waals surface area contributed by atoms with Gasteiger partial charge in [-0.05, 0) is 24.6 Å². The molecule has 3 heteroatoms. The molecular weight excluding hydrogens is 278 g/mol. The van der Waals surface area contributed by atoms with E-state index < -0.39 is 10.8 Å². The molecule has 0 aliphatic carbocycles. The highest BCUT2D eigenvalue weighted by Crippen LogP contribution is 2.22. The van der Waals surface area contributed by atoms with Crippen LogP contribution < -0.4 is 5.32 Å². The maximum Gasteiger partial charge on any atom is 0.0518 e. The van der Waals surface area contributed by atoms with Gasteiger partial charge in [-0.1, -0.05) is 67.6 Å². The summed E-state index contributed by atoms with van der Waals surface area (Å²) in [5.74, 6) is 0.608. The Labute approximate surface area is 130 Å². The number of hydrogen-bond donors (Lipinski definition) is 1. The molecule has 0 saturated carbocycles. The van der Waals surface area contributed by atoms with Gasteiger partial charge in [-0.2, -0.15) is 0 Å². The monoisotopic (exact) mass is 301 g/mol. The predicted octanol–water partition coefficient (Wildman–Crippen LogP) is 3.67. The summed E-state index contributed by atoms with van der Waals surface area (Å²) in [7, 11) is -0.910. The van der Waals surface area contributed by atoms with Crippen LogP contribution in [0.3, 0.4) is 0 Å². The molecule has 21 heavy (non-hydrogen) atoms. The van der Waals surface area contributed by atoms with Crippen molar-refractivity contribution in [2.24, 2.45) is 0 Å². The lowest BCUT2D eigenvalue weighted by atomic mass is 10.0. The average Bonchev–Trinajstić information content (AvgIpc) is 2.53. The van der Waals surface area contributed by atoms with Gasteiger partial charge in [-0.25, -0.2) is 0 Å². The molecule has 3 unspecified atom stereocenters. The minimum absolute atomic E-state index is 0.0626. The third kappa shape index (κ3) is 4.51. The fraction of sp³-hybridized carbons (Fsp3) is 0.333. The van der Waals surface area contributed by atoms with Crippen molar-refractivity contribution in [1.82, 2.24) is 5.32 Å². The zero-order chi connectivity index (χ0) is 15.1. The van der Waals surface area contributed by atoms with Crippen molar-refractivity contribution in [3.63, 3.8) is 0 Å². The van der Waals surface area contributed by atoms with Crippen LogP contribution in [0.25, 0.3) is 0 Å². The summed E-state index contributed by atoms with van der Waals surface area (Å²) < 4.78 is 12.7. The molecular formula is C18H23NOS. The van der Waals surface area contributed by atoms with Gasteiger partial charge in [0.25, 0.3) is 0 Å². The van der Waals surface area contributed by atoms with E-state index in [1.807, 2.05) is 48.5 Å². The fourth-order valence-corrected chi connectivity index (χ4v) is 3.80. The van der Waals surface area contributed by atoms with E-state index >= 15 is 0 Å². The molecule has 2 nitrogen and oxygen atoms in total. The first-order valence-electron chi connectivity index (χ1n) is 7.41. The number of nitrogens with one attached hydrogen (secondary N) is 1. The third-order valence-corrected chi connectivity index (χ3v) is 5.34. The van der Waals surface area contributed by atoms with Crippen LogP contribution in [0.5, 0.6) is 0 Å². The quantitative estimate of drug-likeness (QED) is 0.845. The molecule has 0 heterocycles. The van der Waals surface area contributed by atoms with Gasteiger partial charge in [0, 0.05) is 22.6 Å². The maximum absolute atomic E-state index is 12.7. The minimum atomic E-state index is -0.910. The van der Waals surface area contributed by atoms with Crippen LogP contribution in [0.15, 0.2) is 60.7 Å². The van der Waals surface area contributed by atoms with E-state index in [0.29, 0.717) is 5.75 Å². The summed E-state index contributed by atoms with van der Waals surface area (Å²) in [6.45, 7) is 5.02. The standard InChI is InChI=1S/C18H23NOS/c1-3-19-18(17-12-8-5-9-13-17)15(2)21(20)14-16-10-6-4-7-11-16/h4-13,15,18-19H,3,14H2,1-2H3. The van der Waals surface area contributed by atoms with E-state index in [2.05, 4.69) is 31.3 Å². The Balaban J connectivity index is 2.11. The van der Waals surface area contributed by atoms with Crippen LogP contribution in [0.4, 0.5) is 0 Å². The van der Waals surface area contributed by atoms with Crippen molar-refractivity contribution in [2.45, 2.75) is 30.9 Å². The molecule has 0 fully saturated rings. The first-order valence-corrected chi connectivity index (χ1v) is 8.80. The Bertz CT molecular complexity index is 556. The molecule has 0 bridgehead atoms. The first-order chi connectivity index (χ1) is 10.2. The molecule has 2 rings (SSSR count). The predicted molar refractivity (Wildman–Crippen MR) is 90.6 cm³/mol. The lowest BCUT2D eigenvalue weighted by molar-refractivity contribution is 0.535. The van der Waals surface area contributed by atoms with Crippen molar-refractivity contribution < 1.29 is 4.21 Å². The van der Waals surface area contributed by atoms with Crippen molar-refractivity contribution >= 4 is 10.8 Å². The van der Waals surface area contributed by atoms with Gasteiger partial charge in [-0.15, -0.1) is 0 Å². The molecule has 0 aliphatic heterocycles. The molecule has 0 aromatic heterocycles. The summed E-state index contributed by atoms with van der Waals surface area (Å²) in [6.07, 6.45) is 0. The van der Waals surface area contributed by atoms with Crippen LogP contribution in [0, 0.1) is 0 Å². The summed E-state index contributed by atoms with van der Waals surface area (Å²) in [6, 6.07) is 20.5. The molecule has 0 radical (unpaired) electrons. The van der Waals surface area contributed by atoms with Gasteiger partial charge >= 0.3 is 0 Å². The van der Waals surface area contributed by atoms with Crippen molar-refractivity contribution in [1.29, 1.82) is 0 Å². The van der Waals surface area contributed by atoms with E-state index in [4.69, 9.17) is 0 Å². The van der Waals surface area contributed by atoms with Crippen LogP contribution in [0.1, 0.15) is 31.0 Å². The van der Waals surface area contributed by atoms with Gasteiger partial charge < -0.3 is 5.32 Å². The van der Waals surface area contributed by atoms with Crippen LogP contribution in [0.2, 0.25) is 0 Å². The Hall–Kier alpha value is -1.45. The highest BCUT2D eigenvalue weighted by atomic mass is 32.2. The summed E-state index contributed by atoms with van der Waals surface area (Å²) in [5.41, 5.74) is 2.33. The van der Waals surface area contributed by atoms with Gasteiger partial charge in [0.05, 0.1) is 5.25 Å². The van der Waals surface area contributed by atoms with E-state index in [1.165, 1.54) is 5.56 Å². The Morgan fingerprint density at radius 3 is 2.14 bits per heavy atom. The second kappa shape index (κ2) is 8.11.